The summed E-state index contributed by atoms with van der Waals surface area (Å²) in [7, 11) is 1.41. The van der Waals surface area contributed by atoms with Crippen molar-refractivity contribution < 1.29 is 9.53 Å². The van der Waals surface area contributed by atoms with Gasteiger partial charge in [-0.3, -0.25) is 0 Å². The van der Waals surface area contributed by atoms with Gasteiger partial charge in [0.25, 0.3) is 0 Å². The number of likely N-dealkylation sites (tertiary alicyclic amines) is 1. The average Bonchev–Trinajstić information content (AvgIpc) is 3.48. The van der Waals surface area contributed by atoms with Gasteiger partial charge in [-0.25, -0.2) is 9.78 Å². The molecule has 1 aliphatic heterocycles. The van der Waals surface area contributed by atoms with Gasteiger partial charge in [0.05, 0.1) is 12.8 Å². The number of H-pyrrole nitrogens is 1. The maximum atomic E-state index is 12.1. The number of piperidine rings is 1. The minimum Gasteiger partial charge on any atom is -0.464 e. The molecule has 1 N–H and O–H groups in total. The zero-order chi connectivity index (χ0) is 22.8. The van der Waals surface area contributed by atoms with Crippen LogP contribution in [0.15, 0.2) is 54.7 Å². The number of thiazole rings is 1. The summed E-state index contributed by atoms with van der Waals surface area (Å²) in [6.45, 7) is 5.23. The number of nitrogens with zero attached hydrogens (tertiary/aromatic N) is 2. The van der Waals surface area contributed by atoms with Crippen molar-refractivity contribution in [2.24, 2.45) is 0 Å². The normalized spacial score (nSPS) is 15.2. The Kier molecular flexibility index (Phi) is 6.29. The van der Waals surface area contributed by atoms with Crippen molar-refractivity contribution in [3.63, 3.8) is 0 Å². The van der Waals surface area contributed by atoms with Crippen molar-refractivity contribution in [1.29, 1.82) is 0 Å². The molecule has 1 saturated heterocycles. The molecule has 1 aliphatic rings. The summed E-state index contributed by atoms with van der Waals surface area (Å²) >= 11 is 1.46. The van der Waals surface area contributed by atoms with E-state index < -0.39 is 0 Å². The summed E-state index contributed by atoms with van der Waals surface area (Å²) in [6, 6.07) is 16.9. The molecule has 2 aromatic carbocycles. The number of fused-ring (bicyclic) bond motifs is 1. The highest BCUT2D eigenvalue weighted by Crippen LogP contribution is 2.34. The summed E-state index contributed by atoms with van der Waals surface area (Å²) in [5, 5.41) is 1.79. The number of benzene rings is 2. The predicted octanol–water partition coefficient (Wildman–Crippen LogP) is 5.81. The smallest absolute Gasteiger partial charge is 0.367 e. The van der Waals surface area contributed by atoms with E-state index in [0.717, 1.165) is 42.2 Å². The Morgan fingerprint density at radius 1 is 1.15 bits per heavy atom. The van der Waals surface area contributed by atoms with Crippen LogP contribution in [0.1, 0.15) is 44.6 Å². The maximum Gasteiger partial charge on any atom is 0.367 e. The number of nitrogens with one attached hydrogen (secondary N) is 1. The maximum absolute atomic E-state index is 12.1. The largest absolute Gasteiger partial charge is 0.464 e. The van der Waals surface area contributed by atoms with Crippen LogP contribution >= 0.6 is 11.3 Å². The number of carbonyl (C=O) groups is 1. The van der Waals surface area contributed by atoms with Crippen molar-refractivity contribution in [3.8, 4) is 11.3 Å². The van der Waals surface area contributed by atoms with Crippen molar-refractivity contribution in [2.75, 3.05) is 26.7 Å². The van der Waals surface area contributed by atoms with Gasteiger partial charge < -0.3 is 14.6 Å². The Morgan fingerprint density at radius 2 is 1.91 bits per heavy atom. The Labute approximate surface area is 198 Å². The summed E-state index contributed by atoms with van der Waals surface area (Å²) in [6.07, 6.45) is 5.42. The Morgan fingerprint density at radius 3 is 2.67 bits per heavy atom. The van der Waals surface area contributed by atoms with Crippen LogP contribution < -0.4 is 0 Å². The van der Waals surface area contributed by atoms with Gasteiger partial charge >= 0.3 is 5.97 Å². The second-order valence-corrected chi connectivity index (χ2v) is 9.89. The van der Waals surface area contributed by atoms with E-state index >= 15 is 0 Å². The third-order valence-corrected chi connectivity index (χ3v) is 7.78. The molecule has 2 aromatic heterocycles. The number of esters is 1. The number of aromatic nitrogens is 2. The fraction of sp³-hybridized carbons (Fsp3) is 0.333. The van der Waals surface area contributed by atoms with Crippen LogP contribution in [0.25, 0.3) is 22.2 Å². The Balaban J connectivity index is 1.26. The second kappa shape index (κ2) is 9.49. The minimum absolute atomic E-state index is 0.362. The standard InChI is InChI=1S/C27H29N3O2S/c1-18-7-9-20(10-8-18)25-24(33-26(29-25)27(31)32-2)13-16-30-14-11-19(12-15-30)22-17-28-23-6-4-3-5-21(22)23/h3-10,17,19,28H,11-16H2,1-2H3. The quantitative estimate of drug-likeness (QED) is 0.370. The molecule has 3 heterocycles. The third-order valence-electron chi connectivity index (χ3n) is 6.69. The molecule has 0 amide bonds. The van der Waals surface area contributed by atoms with Crippen LogP contribution in [-0.2, 0) is 11.2 Å². The molecule has 170 valence electrons. The lowest BCUT2D eigenvalue weighted by atomic mass is 9.89. The monoisotopic (exact) mass is 459 g/mol. The van der Waals surface area contributed by atoms with Gasteiger partial charge in [-0.1, -0.05) is 48.0 Å². The van der Waals surface area contributed by atoms with Crippen molar-refractivity contribution in [1.82, 2.24) is 14.9 Å². The number of para-hydroxylation sites is 1. The molecule has 1 fully saturated rings. The first-order chi connectivity index (χ1) is 16.1. The molecular formula is C27H29N3O2S. The van der Waals surface area contributed by atoms with Crippen LogP contribution in [0.5, 0.6) is 0 Å². The van der Waals surface area contributed by atoms with E-state index in [-0.39, 0.29) is 5.97 Å². The van der Waals surface area contributed by atoms with Crippen LogP contribution in [0, 0.1) is 6.92 Å². The van der Waals surface area contributed by atoms with Gasteiger partial charge in [-0.15, -0.1) is 11.3 Å². The number of carbonyl (C=O) groups excluding carboxylic acids is 1. The highest BCUT2D eigenvalue weighted by Gasteiger charge is 2.24. The predicted molar refractivity (Wildman–Crippen MR) is 134 cm³/mol. The van der Waals surface area contributed by atoms with Crippen molar-refractivity contribution in [2.45, 2.75) is 32.1 Å². The zero-order valence-electron chi connectivity index (χ0n) is 19.1. The number of aryl methyl sites for hydroxylation is 1. The summed E-state index contributed by atoms with van der Waals surface area (Å²) in [5.41, 5.74) is 5.86. The van der Waals surface area contributed by atoms with Gasteiger partial charge in [-0.05, 0) is 56.8 Å². The molecule has 0 bridgehead atoms. The highest BCUT2D eigenvalue weighted by atomic mass is 32.1. The molecule has 33 heavy (non-hydrogen) atoms. The lowest BCUT2D eigenvalue weighted by Gasteiger charge is -2.31. The van der Waals surface area contributed by atoms with Gasteiger partial charge in [-0.2, -0.15) is 0 Å². The van der Waals surface area contributed by atoms with Crippen LogP contribution in [0.2, 0.25) is 0 Å². The minimum atomic E-state index is -0.362. The van der Waals surface area contributed by atoms with Crippen LogP contribution in [0.3, 0.4) is 0 Å². The SMILES string of the molecule is COC(=O)c1nc(-c2ccc(C)cc2)c(CCN2CCC(c3c[nH]c4ccccc34)CC2)s1. The van der Waals surface area contributed by atoms with Gasteiger partial charge in [0.2, 0.25) is 5.01 Å². The first-order valence-electron chi connectivity index (χ1n) is 11.6. The lowest BCUT2D eigenvalue weighted by Crippen LogP contribution is -2.34. The van der Waals surface area contributed by atoms with E-state index in [1.807, 2.05) is 0 Å². The molecule has 0 radical (unpaired) electrons. The molecular weight excluding hydrogens is 430 g/mol. The Bertz CT molecular complexity index is 1250. The van der Waals surface area contributed by atoms with E-state index in [0.29, 0.717) is 10.9 Å². The summed E-state index contributed by atoms with van der Waals surface area (Å²) in [4.78, 5) is 23.9. The number of rotatable bonds is 6. The molecule has 5 rings (SSSR count). The fourth-order valence-electron chi connectivity index (χ4n) is 4.79. The molecule has 5 nitrogen and oxygen atoms in total. The second-order valence-electron chi connectivity index (χ2n) is 8.80. The van der Waals surface area contributed by atoms with E-state index in [1.54, 1.807) is 0 Å². The van der Waals surface area contributed by atoms with Crippen LogP contribution in [0.4, 0.5) is 0 Å². The molecule has 6 heteroatoms. The number of ether oxygens (including phenoxy) is 1. The lowest BCUT2D eigenvalue weighted by molar-refractivity contribution is 0.0600. The van der Waals surface area contributed by atoms with Crippen molar-refractivity contribution >= 4 is 28.2 Å². The van der Waals surface area contributed by atoms with Gasteiger partial charge in [0, 0.05) is 34.1 Å². The van der Waals surface area contributed by atoms with E-state index in [2.05, 4.69) is 76.5 Å². The summed E-state index contributed by atoms with van der Waals surface area (Å²) < 4.78 is 4.93. The van der Waals surface area contributed by atoms with E-state index in [4.69, 9.17) is 4.74 Å². The number of hydrogen-bond donors (Lipinski definition) is 1. The third kappa shape index (κ3) is 4.59. The first-order valence-corrected chi connectivity index (χ1v) is 12.4. The molecule has 0 spiro atoms. The first kappa shape index (κ1) is 21.9. The van der Waals surface area contributed by atoms with Gasteiger partial charge in [0.15, 0.2) is 0 Å². The Hall–Kier alpha value is -2.96. The average molecular weight is 460 g/mol. The van der Waals surface area contributed by atoms with Crippen molar-refractivity contribution in [3.05, 3.63) is 75.7 Å². The molecule has 0 unspecified atom stereocenters. The molecule has 0 aliphatic carbocycles. The van der Waals surface area contributed by atoms with E-state index in [1.165, 1.54) is 53.3 Å². The van der Waals surface area contributed by atoms with Crippen LogP contribution in [-0.4, -0.2) is 47.6 Å². The zero-order valence-corrected chi connectivity index (χ0v) is 20.0. The highest BCUT2D eigenvalue weighted by molar-refractivity contribution is 7.14. The summed E-state index contributed by atoms with van der Waals surface area (Å²) in [5.74, 6) is 0.244. The topological polar surface area (TPSA) is 58.2 Å². The number of hydrogen-bond acceptors (Lipinski definition) is 5. The number of aromatic amines is 1. The molecule has 0 atom stereocenters. The van der Waals surface area contributed by atoms with Gasteiger partial charge in [0.1, 0.15) is 0 Å². The number of methoxy groups -OCH3 is 1. The molecule has 4 aromatic rings. The fourth-order valence-corrected chi connectivity index (χ4v) is 5.78. The van der Waals surface area contributed by atoms with E-state index in [9.17, 15) is 4.79 Å². The molecule has 0 saturated carbocycles.